The van der Waals surface area contributed by atoms with Crippen molar-refractivity contribution in [1.29, 1.82) is 0 Å². The number of amides is 1. The summed E-state index contributed by atoms with van der Waals surface area (Å²) >= 11 is 0. The molecule has 1 saturated heterocycles. The normalized spacial score (nSPS) is 22.0. The molecule has 26 heavy (non-hydrogen) atoms. The summed E-state index contributed by atoms with van der Waals surface area (Å²) in [4.78, 5) is 22.4. The Morgan fingerprint density at radius 3 is 2.81 bits per heavy atom. The van der Waals surface area contributed by atoms with Gasteiger partial charge in [-0.1, -0.05) is 32.0 Å². The summed E-state index contributed by atoms with van der Waals surface area (Å²) in [6.45, 7) is 8.57. The lowest BCUT2D eigenvalue weighted by molar-refractivity contribution is 0.0704. The lowest BCUT2D eigenvalue weighted by Gasteiger charge is -2.34. The zero-order chi connectivity index (χ0) is 18.1. The van der Waals surface area contributed by atoms with Crippen molar-refractivity contribution in [2.75, 3.05) is 26.2 Å². The number of rotatable bonds is 4. The highest BCUT2D eigenvalue weighted by molar-refractivity contribution is 5.97. The monoisotopic (exact) mass is 351 g/mol. The molecule has 2 aromatic rings. The number of aromatic nitrogens is 1. The smallest absolute Gasteiger partial charge is 0.255 e. The average Bonchev–Trinajstić information content (AvgIpc) is 3.48. The summed E-state index contributed by atoms with van der Waals surface area (Å²) in [7, 11) is 0. The van der Waals surface area contributed by atoms with Crippen LogP contribution in [0.25, 0.3) is 10.9 Å². The van der Waals surface area contributed by atoms with E-state index in [1.54, 1.807) is 6.20 Å². The SMILES string of the molecule is CC(C)C1CN(C(=O)c2cnc3ccccc3c2)CCCN1CC1CC1. The Morgan fingerprint density at radius 2 is 2.04 bits per heavy atom. The van der Waals surface area contributed by atoms with E-state index in [1.165, 1.54) is 19.4 Å². The number of para-hydroxylation sites is 1. The van der Waals surface area contributed by atoms with Crippen LogP contribution in [-0.4, -0.2) is 52.9 Å². The van der Waals surface area contributed by atoms with Gasteiger partial charge in [-0.25, -0.2) is 0 Å². The van der Waals surface area contributed by atoms with Gasteiger partial charge in [0.05, 0.1) is 11.1 Å². The number of hydrogen-bond acceptors (Lipinski definition) is 3. The Kier molecular flexibility index (Phi) is 4.94. The van der Waals surface area contributed by atoms with E-state index in [1.807, 2.05) is 30.3 Å². The minimum atomic E-state index is 0.127. The highest BCUT2D eigenvalue weighted by atomic mass is 16.2. The summed E-state index contributed by atoms with van der Waals surface area (Å²) in [6, 6.07) is 10.4. The molecule has 138 valence electrons. The molecule has 0 spiro atoms. The van der Waals surface area contributed by atoms with Crippen molar-refractivity contribution in [3.63, 3.8) is 0 Å². The molecule has 0 radical (unpaired) electrons. The van der Waals surface area contributed by atoms with Gasteiger partial charge < -0.3 is 4.90 Å². The molecule has 0 bridgehead atoms. The van der Waals surface area contributed by atoms with Gasteiger partial charge >= 0.3 is 0 Å². The standard InChI is InChI=1S/C22H29N3O/c1-16(2)21-15-25(11-5-10-24(21)14-17-8-9-17)22(26)19-12-18-6-3-4-7-20(18)23-13-19/h3-4,6-7,12-13,16-17,21H,5,8-11,14-15H2,1-2H3. The zero-order valence-electron chi connectivity index (χ0n) is 15.9. The molecule has 4 heteroatoms. The van der Waals surface area contributed by atoms with Gasteiger partial charge in [-0.3, -0.25) is 14.7 Å². The highest BCUT2D eigenvalue weighted by Crippen LogP contribution is 2.32. The number of pyridine rings is 1. The molecule has 2 fully saturated rings. The number of fused-ring (bicyclic) bond motifs is 1. The third-order valence-corrected chi connectivity index (χ3v) is 5.83. The summed E-state index contributed by atoms with van der Waals surface area (Å²) in [5, 5.41) is 1.03. The third-order valence-electron chi connectivity index (χ3n) is 5.83. The maximum atomic E-state index is 13.2. The van der Waals surface area contributed by atoms with Crippen LogP contribution in [0.15, 0.2) is 36.5 Å². The van der Waals surface area contributed by atoms with Crippen LogP contribution in [0.5, 0.6) is 0 Å². The fourth-order valence-electron chi connectivity index (χ4n) is 4.11. The van der Waals surface area contributed by atoms with Gasteiger partial charge in [0.1, 0.15) is 0 Å². The largest absolute Gasteiger partial charge is 0.337 e. The molecule has 1 aliphatic heterocycles. The molecule has 2 heterocycles. The first kappa shape index (κ1) is 17.5. The molecule has 1 atom stereocenters. The van der Waals surface area contributed by atoms with Crippen LogP contribution >= 0.6 is 0 Å². The second-order valence-electron chi connectivity index (χ2n) is 8.27. The predicted octanol–water partition coefficient (Wildman–Crippen LogP) is 3.82. The molecule has 2 aliphatic rings. The molecule has 4 nitrogen and oxygen atoms in total. The van der Waals surface area contributed by atoms with Crippen molar-refractivity contribution in [3.05, 3.63) is 42.1 Å². The number of carbonyl (C=O) groups is 1. The number of carbonyl (C=O) groups excluding carboxylic acids is 1. The first-order chi connectivity index (χ1) is 12.6. The molecular formula is C22H29N3O. The maximum Gasteiger partial charge on any atom is 0.255 e. The molecular weight excluding hydrogens is 322 g/mol. The molecule has 1 unspecified atom stereocenters. The molecule has 0 N–H and O–H groups in total. The van der Waals surface area contributed by atoms with Crippen LogP contribution in [0.4, 0.5) is 0 Å². The average molecular weight is 351 g/mol. The molecule has 1 aromatic heterocycles. The van der Waals surface area contributed by atoms with Crippen molar-refractivity contribution in [3.8, 4) is 0 Å². The molecule has 1 aromatic carbocycles. The fraction of sp³-hybridized carbons (Fsp3) is 0.545. The number of benzene rings is 1. The van der Waals surface area contributed by atoms with Crippen molar-refractivity contribution in [1.82, 2.24) is 14.8 Å². The van der Waals surface area contributed by atoms with Crippen molar-refractivity contribution in [2.45, 2.75) is 39.2 Å². The Balaban J connectivity index is 1.54. The Bertz CT molecular complexity index is 784. The lowest BCUT2D eigenvalue weighted by atomic mass is 10.0. The van der Waals surface area contributed by atoms with Crippen molar-refractivity contribution >= 4 is 16.8 Å². The highest BCUT2D eigenvalue weighted by Gasteiger charge is 2.33. The molecule has 1 saturated carbocycles. The number of nitrogens with zero attached hydrogens (tertiary/aromatic N) is 3. The van der Waals surface area contributed by atoms with E-state index in [-0.39, 0.29) is 5.91 Å². The van der Waals surface area contributed by atoms with Gasteiger partial charge in [-0.05, 0) is 43.2 Å². The van der Waals surface area contributed by atoms with Crippen LogP contribution < -0.4 is 0 Å². The first-order valence-electron chi connectivity index (χ1n) is 10.00. The molecule has 1 amide bonds. The van der Waals surface area contributed by atoms with Crippen LogP contribution in [-0.2, 0) is 0 Å². The predicted molar refractivity (Wildman–Crippen MR) is 105 cm³/mol. The second kappa shape index (κ2) is 7.36. The maximum absolute atomic E-state index is 13.2. The Morgan fingerprint density at radius 1 is 1.23 bits per heavy atom. The molecule has 4 rings (SSSR count). The van der Waals surface area contributed by atoms with Crippen molar-refractivity contribution in [2.24, 2.45) is 11.8 Å². The van der Waals surface area contributed by atoms with Crippen LogP contribution in [0.3, 0.4) is 0 Å². The minimum Gasteiger partial charge on any atom is -0.337 e. The van der Waals surface area contributed by atoms with E-state index in [9.17, 15) is 4.79 Å². The summed E-state index contributed by atoms with van der Waals surface area (Å²) in [5.74, 6) is 1.57. The van der Waals surface area contributed by atoms with Gasteiger partial charge in [0, 0.05) is 43.8 Å². The van der Waals surface area contributed by atoms with E-state index in [0.29, 0.717) is 17.5 Å². The van der Waals surface area contributed by atoms with Gasteiger partial charge in [-0.2, -0.15) is 0 Å². The summed E-state index contributed by atoms with van der Waals surface area (Å²) < 4.78 is 0. The molecule has 1 aliphatic carbocycles. The van der Waals surface area contributed by atoms with Gasteiger partial charge in [0.2, 0.25) is 0 Å². The topological polar surface area (TPSA) is 36.4 Å². The minimum absolute atomic E-state index is 0.127. The van der Waals surface area contributed by atoms with Crippen LogP contribution in [0.2, 0.25) is 0 Å². The van der Waals surface area contributed by atoms with E-state index in [4.69, 9.17) is 0 Å². The van der Waals surface area contributed by atoms with Gasteiger partial charge in [0.25, 0.3) is 5.91 Å². The quantitative estimate of drug-likeness (QED) is 0.840. The lowest BCUT2D eigenvalue weighted by Crippen LogP contribution is -2.46. The van der Waals surface area contributed by atoms with E-state index >= 15 is 0 Å². The van der Waals surface area contributed by atoms with Gasteiger partial charge in [0.15, 0.2) is 0 Å². The second-order valence-corrected chi connectivity index (χ2v) is 8.27. The van der Waals surface area contributed by atoms with Crippen LogP contribution in [0.1, 0.15) is 43.5 Å². The Labute approximate surface area is 156 Å². The Hall–Kier alpha value is -1.94. The van der Waals surface area contributed by atoms with E-state index in [2.05, 4.69) is 28.6 Å². The van der Waals surface area contributed by atoms with E-state index in [0.717, 1.165) is 42.9 Å². The summed E-state index contributed by atoms with van der Waals surface area (Å²) in [5.41, 5.74) is 1.65. The van der Waals surface area contributed by atoms with Crippen LogP contribution in [0, 0.1) is 11.8 Å². The zero-order valence-corrected chi connectivity index (χ0v) is 15.9. The third kappa shape index (κ3) is 3.75. The summed E-state index contributed by atoms with van der Waals surface area (Å²) in [6.07, 6.45) is 5.56. The van der Waals surface area contributed by atoms with E-state index < -0.39 is 0 Å². The number of hydrogen-bond donors (Lipinski definition) is 0. The van der Waals surface area contributed by atoms with Crippen molar-refractivity contribution < 1.29 is 4.79 Å². The first-order valence-corrected chi connectivity index (χ1v) is 10.00. The van der Waals surface area contributed by atoms with Gasteiger partial charge in [-0.15, -0.1) is 0 Å². The fourth-order valence-corrected chi connectivity index (χ4v) is 4.11.